The number of hydrogen-bond acceptors (Lipinski definition) is 2. The van der Waals surface area contributed by atoms with Gasteiger partial charge in [0.25, 0.3) is 6.47 Å². The Bertz CT molecular complexity index is 136. The maximum absolute atomic E-state index is 8.36. The minimum Gasteiger partial charge on any atom is -0.483 e. The highest BCUT2D eigenvalue weighted by Gasteiger charge is 2.01. The van der Waals surface area contributed by atoms with Gasteiger partial charge in [-0.25, -0.2) is 0 Å². The molecule has 1 atom stereocenters. The summed E-state index contributed by atoms with van der Waals surface area (Å²) in [6, 6.07) is 0.719. The predicted molar refractivity (Wildman–Crippen MR) is 71.8 cm³/mol. The van der Waals surface area contributed by atoms with Crippen LogP contribution in [0.15, 0.2) is 12.2 Å². The molecule has 0 aromatic carbocycles. The Morgan fingerprint density at radius 1 is 1.31 bits per heavy atom. The van der Waals surface area contributed by atoms with Gasteiger partial charge in [-0.05, 0) is 33.2 Å². The van der Waals surface area contributed by atoms with Crippen LogP contribution in [0.25, 0.3) is 0 Å². The molecule has 3 heteroatoms. The molecule has 2 N–H and O–H groups in total. The van der Waals surface area contributed by atoms with Crippen molar-refractivity contribution in [3.8, 4) is 0 Å². The number of carbonyl (C=O) groups is 1. The standard InChI is InChI=1S/C10H21N.C2H6.CH2O2/c1-4-6-7-9-10(11-3)8-5-2;1-2;2-1-3/h4,6,10-11H,5,7-9H2,1-3H3;1-2H3;1H,(H,2,3)/b6-4+;;. The van der Waals surface area contributed by atoms with Crippen molar-refractivity contribution < 1.29 is 9.90 Å². The second kappa shape index (κ2) is 23.8. The summed E-state index contributed by atoms with van der Waals surface area (Å²) in [6.07, 6.45) is 9.42. The molecule has 0 amide bonds. The molecule has 0 bridgehead atoms. The van der Waals surface area contributed by atoms with E-state index in [-0.39, 0.29) is 6.47 Å². The lowest BCUT2D eigenvalue weighted by Crippen LogP contribution is -2.24. The molecule has 0 aromatic heterocycles. The third kappa shape index (κ3) is 23.2. The molecule has 0 rings (SSSR count). The first-order chi connectivity index (χ1) is 7.76. The van der Waals surface area contributed by atoms with Crippen molar-refractivity contribution >= 4 is 6.47 Å². The molecule has 0 radical (unpaired) electrons. The minimum atomic E-state index is -0.250. The van der Waals surface area contributed by atoms with E-state index >= 15 is 0 Å². The second-order valence-corrected chi connectivity index (χ2v) is 3.03. The van der Waals surface area contributed by atoms with E-state index in [0.717, 1.165) is 6.04 Å². The first kappa shape index (κ1) is 20.6. The van der Waals surface area contributed by atoms with Crippen molar-refractivity contribution in [1.82, 2.24) is 5.32 Å². The second-order valence-electron chi connectivity index (χ2n) is 3.03. The molecule has 0 fully saturated rings. The lowest BCUT2D eigenvalue weighted by atomic mass is 10.1. The highest BCUT2D eigenvalue weighted by Crippen LogP contribution is 2.04. The van der Waals surface area contributed by atoms with Gasteiger partial charge in [0.2, 0.25) is 0 Å². The normalized spacial score (nSPS) is 10.8. The molecule has 1 unspecified atom stereocenters. The molecule has 0 heterocycles. The summed E-state index contributed by atoms with van der Waals surface area (Å²) in [5, 5.41) is 10.2. The summed E-state index contributed by atoms with van der Waals surface area (Å²) >= 11 is 0. The lowest BCUT2D eigenvalue weighted by molar-refractivity contribution is -0.122. The van der Waals surface area contributed by atoms with Crippen LogP contribution in [0.1, 0.15) is 53.4 Å². The van der Waals surface area contributed by atoms with Crippen LogP contribution < -0.4 is 5.32 Å². The van der Waals surface area contributed by atoms with Crippen molar-refractivity contribution in [2.75, 3.05) is 7.05 Å². The fourth-order valence-electron chi connectivity index (χ4n) is 1.25. The summed E-state index contributed by atoms with van der Waals surface area (Å²) in [6.45, 7) is 8.06. The maximum atomic E-state index is 8.36. The summed E-state index contributed by atoms with van der Waals surface area (Å²) < 4.78 is 0. The van der Waals surface area contributed by atoms with Gasteiger partial charge in [0.1, 0.15) is 0 Å². The Morgan fingerprint density at radius 3 is 2.12 bits per heavy atom. The minimum absolute atomic E-state index is 0.250. The van der Waals surface area contributed by atoms with Gasteiger partial charge in [-0.2, -0.15) is 0 Å². The van der Waals surface area contributed by atoms with Gasteiger partial charge >= 0.3 is 0 Å². The van der Waals surface area contributed by atoms with E-state index in [1.54, 1.807) is 0 Å². The molecular weight excluding hydrogens is 202 g/mol. The lowest BCUT2D eigenvalue weighted by Gasteiger charge is -2.13. The number of hydrogen-bond donors (Lipinski definition) is 2. The molecule has 16 heavy (non-hydrogen) atoms. The fourth-order valence-corrected chi connectivity index (χ4v) is 1.25. The van der Waals surface area contributed by atoms with Gasteiger partial charge in [0, 0.05) is 6.04 Å². The van der Waals surface area contributed by atoms with E-state index in [2.05, 4.69) is 38.4 Å². The van der Waals surface area contributed by atoms with E-state index in [1.165, 1.54) is 25.7 Å². The van der Waals surface area contributed by atoms with Crippen LogP contribution in [-0.2, 0) is 4.79 Å². The molecule has 0 saturated heterocycles. The zero-order valence-corrected chi connectivity index (χ0v) is 11.5. The van der Waals surface area contributed by atoms with Crippen LogP contribution in [0.3, 0.4) is 0 Å². The number of allylic oxidation sites excluding steroid dienone is 2. The first-order valence-corrected chi connectivity index (χ1v) is 6.13. The van der Waals surface area contributed by atoms with E-state index in [1.807, 2.05) is 13.8 Å². The monoisotopic (exact) mass is 231 g/mol. The Kier molecular flexibility index (Phi) is 30.5. The SMILES string of the molecule is C/C=C/CCC(CCC)NC.CC.O=CO. The van der Waals surface area contributed by atoms with Gasteiger partial charge in [0.05, 0.1) is 0 Å². The molecule has 0 saturated carbocycles. The molecule has 0 aliphatic heterocycles. The average Bonchev–Trinajstić information content (AvgIpc) is 2.32. The molecular formula is C13H29NO2. The predicted octanol–water partition coefficient (Wildman–Crippen LogP) is 3.46. The van der Waals surface area contributed by atoms with E-state index in [4.69, 9.17) is 9.90 Å². The zero-order valence-electron chi connectivity index (χ0n) is 11.5. The van der Waals surface area contributed by atoms with Crippen molar-refractivity contribution in [3.05, 3.63) is 12.2 Å². The molecule has 0 spiro atoms. The van der Waals surface area contributed by atoms with Crippen molar-refractivity contribution in [1.29, 1.82) is 0 Å². The largest absolute Gasteiger partial charge is 0.483 e. The van der Waals surface area contributed by atoms with E-state index in [0.29, 0.717) is 0 Å². The highest BCUT2D eigenvalue weighted by molar-refractivity contribution is 5.32. The Hall–Kier alpha value is -0.830. The number of nitrogens with one attached hydrogen (secondary N) is 1. The summed E-state index contributed by atoms with van der Waals surface area (Å²) in [5.74, 6) is 0. The summed E-state index contributed by atoms with van der Waals surface area (Å²) in [7, 11) is 2.05. The van der Waals surface area contributed by atoms with E-state index < -0.39 is 0 Å². The smallest absolute Gasteiger partial charge is 0.290 e. The van der Waals surface area contributed by atoms with Crippen molar-refractivity contribution in [2.45, 2.75) is 59.4 Å². The van der Waals surface area contributed by atoms with Gasteiger partial charge in [-0.1, -0.05) is 39.3 Å². The molecule has 0 aliphatic carbocycles. The van der Waals surface area contributed by atoms with Gasteiger partial charge < -0.3 is 10.4 Å². The van der Waals surface area contributed by atoms with Crippen molar-refractivity contribution in [2.24, 2.45) is 0 Å². The van der Waals surface area contributed by atoms with Gasteiger partial charge in [-0.3, -0.25) is 4.79 Å². The first-order valence-electron chi connectivity index (χ1n) is 6.13. The van der Waals surface area contributed by atoms with Gasteiger partial charge in [0.15, 0.2) is 0 Å². The van der Waals surface area contributed by atoms with Crippen LogP contribution in [0.2, 0.25) is 0 Å². The fraction of sp³-hybridized carbons (Fsp3) is 0.769. The molecule has 3 nitrogen and oxygen atoms in total. The summed E-state index contributed by atoms with van der Waals surface area (Å²) in [5.41, 5.74) is 0. The maximum Gasteiger partial charge on any atom is 0.290 e. The summed E-state index contributed by atoms with van der Waals surface area (Å²) in [4.78, 5) is 8.36. The highest BCUT2D eigenvalue weighted by atomic mass is 16.3. The Balaban J connectivity index is -0.000000289. The quantitative estimate of drug-likeness (QED) is 0.543. The van der Waals surface area contributed by atoms with Crippen LogP contribution in [0, 0.1) is 0 Å². The van der Waals surface area contributed by atoms with Crippen LogP contribution in [-0.4, -0.2) is 24.7 Å². The Labute approximate surface area is 101 Å². The third-order valence-electron chi connectivity index (χ3n) is 1.96. The van der Waals surface area contributed by atoms with Gasteiger partial charge in [-0.15, -0.1) is 0 Å². The molecule has 0 aliphatic rings. The van der Waals surface area contributed by atoms with Crippen LogP contribution >= 0.6 is 0 Å². The number of carboxylic acid groups (broad SMARTS) is 1. The number of rotatable bonds is 6. The molecule has 0 aromatic rings. The average molecular weight is 231 g/mol. The topological polar surface area (TPSA) is 49.3 Å². The molecule has 98 valence electrons. The van der Waals surface area contributed by atoms with Crippen LogP contribution in [0.5, 0.6) is 0 Å². The van der Waals surface area contributed by atoms with E-state index in [9.17, 15) is 0 Å². The van der Waals surface area contributed by atoms with Crippen LogP contribution in [0.4, 0.5) is 0 Å². The Morgan fingerprint density at radius 2 is 1.81 bits per heavy atom. The third-order valence-corrected chi connectivity index (χ3v) is 1.96. The van der Waals surface area contributed by atoms with Crippen molar-refractivity contribution in [3.63, 3.8) is 0 Å². The zero-order chi connectivity index (χ0) is 13.2.